The molecular formula is C15H19N3O3. The molecule has 2 rings (SSSR count). The Kier molecular flexibility index (Phi) is 4.59. The number of anilines is 2. The van der Waals surface area contributed by atoms with Crippen LogP contribution in [0.5, 0.6) is 0 Å². The molecule has 1 aromatic carbocycles. The number of hydrogen-bond donors (Lipinski definition) is 1. The third kappa shape index (κ3) is 3.41. The van der Waals surface area contributed by atoms with Crippen LogP contribution in [0, 0.1) is 0 Å². The molecular weight excluding hydrogens is 270 g/mol. The molecule has 6 nitrogen and oxygen atoms in total. The quantitative estimate of drug-likeness (QED) is 0.794. The fourth-order valence-electron chi connectivity index (χ4n) is 1.99. The summed E-state index contributed by atoms with van der Waals surface area (Å²) in [7, 11) is 5.44. The number of imide groups is 1. The van der Waals surface area contributed by atoms with E-state index < -0.39 is 0 Å². The van der Waals surface area contributed by atoms with Crippen molar-refractivity contribution in [3.8, 4) is 0 Å². The molecule has 0 unspecified atom stereocenters. The van der Waals surface area contributed by atoms with E-state index in [-0.39, 0.29) is 24.1 Å². The van der Waals surface area contributed by atoms with Crippen molar-refractivity contribution in [2.75, 3.05) is 44.6 Å². The molecule has 0 aliphatic carbocycles. The van der Waals surface area contributed by atoms with Gasteiger partial charge in [0.05, 0.1) is 13.2 Å². The van der Waals surface area contributed by atoms with Gasteiger partial charge >= 0.3 is 0 Å². The van der Waals surface area contributed by atoms with Crippen LogP contribution in [-0.2, 0) is 14.3 Å². The highest BCUT2D eigenvalue weighted by molar-refractivity contribution is 6.17. The summed E-state index contributed by atoms with van der Waals surface area (Å²) in [6.07, 6.45) is 1.32. The van der Waals surface area contributed by atoms with Crippen LogP contribution in [0.25, 0.3) is 0 Å². The van der Waals surface area contributed by atoms with Gasteiger partial charge in [0, 0.05) is 38.7 Å². The lowest BCUT2D eigenvalue weighted by atomic mass is 10.2. The predicted molar refractivity (Wildman–Crippen MR) is 81.1 cm³/mol. The molecule has 0 atom stereocenters. The summed E-state index contributed by atoms with van der Waals surface area (Å²) in [4.78, 5) is 27.0. The molecule has 6 heteroatoms. The molecule has 1 aromatic rings. The molecule has 0 bridgehead atoms. The predicted octanol–water partition coefficient (Wildman–Crippen LogP) is 1.06. The second-order valence-electron chi connectivity index (χ2n) is 4.91. The van der Waals surface area contributed by atoms with Crippen LogP contribution in [-0.4, -0.2) is 51.1 Å². The van der Waals surface area contributed by atoms with E-state index in [0.717, 1.165) is 11.4 Å². The highest BCUT2D eigenvalue weighted by atomic mass is 16.5. The number of ether oxygens (including phenoxy) is 1. The van der Waals surface area contributed by atoms with Crippen molar-refractivity contribution in [1.29, 1.82) is 0 Å². The van der Waals surface area contributed by atoms with Crippen molar-refractivity contribution in [3.63, 3.8) is 0 Å². The highest BCUT2D eigenvalue weighted by Gasteiger charge is 2.30. The largest absolute Gasteiger partial charge is 0.383 e. The number of hydrogen-bond acceptors (Lipinski definition) is 5. The number of nitrogens with one attached hydrogen (secondary N) is 1. The van der Waals surface area contributed by atoms with E-state index >= 15 is 0 Å². The molecule has 0 saturated heterocycles. The van der Waals surface area contributed by atoms with Crippen LogP contribution in [0.1, 0.15) is 0 Å². The van der Waals surface area contributed by atoms with E-state index in [1.54, 1.807) is 0 Å². The standard InChI is InChI=1S/C15H19N3O3/c1-17(2)12-6-4-11(5-7-12)16-13-10-14(19)18(15(13)20)8-9-21-3/h4-7,10,16H,8-9H2,1-3H3. The zero-order valence-corrected chi connectivity index (χ0v) is 12.4. The first-order chi connectivity index (χ1) is 10.0. The van der Waals surface area contributed by atoms with Crippen molar-refractivity contribution in [2.45, 2.75) is 0 Å². The Balaban J connectivity index is 2.04. The summed E-state index contributed by atoms with van der Waals surface area (Å²) in [5.41, 5.74) is 2.11. The van der Waals surface area contributed by atoms with E-state index in [4.69, 9.17) is 4.74 Å². The average molecular weight is 289 g/mol. The molecule has 0 radical (unpaired) electrons. The van der Waals surface area contributed by atoms with Crippen molar-refractivity contribution in [1.82, 2.24) is 4.90 Å². The summed E-state index contributed by atoms with van der Waals surface area (Å²) in [5.74, 6) is -0.641. The van der Waals surface area contributed by atoms with Gasteiger partial charge in [-0.25, -0.2) is 0 Å². The molecule has 1 aliphatic heterocycles. The van der Waals surface area contributed by atoms with Gasteiger partial charge in [0.2, 0.25) is 0 Å². The minimum Gasteiger partial charge on any atom is -0.383 e. The first kappa shape index (κ1) is 15.1. The zero-order valence-electron chi connectivity index (χ0n) is 12.4. The van der Waals surface area contributed by atoms with Crippen LogP contribution in [0.15, 0.2) is 36.0 Å². The van der Waals surface area contributed by atoms with Gasteiger partial charge in [0.15, 0.2) is 0 Å². The molecule has 0 spiro atoms. The van der Waals surface area contributed by atoms with E-state index in [0.29, 0.717) is 6.61 Å². The Morgan fingerprint density at radius 3 is 2.43 bits per heavy atom. The number of benzene rings is 1. The smallest absolute Gasteiger partial charge is 0.277 e. The third-order valence-electron chi connectivity index (χ3n) is 3.19. The number of amides is 2. The second-order valence-corrected chi connectivity index (χ2v) is 4.91. The zero-order chi connectivity index (χ0) is 15.4. The van der Waals surface area contributed by atoms with Crippen molar-refractivity contribution in [3.05, 3.63) is 36.0 Å². The maximum atomic E-state index is 12.1. The van der Waals surface area contributed by atoms with Gasteiger partial charge in [-0.1, -0.05) is 0 Å². The third-order valence-corrected chi connectivity index (χ3v) is 3.19. The molecule has 1 aliphatic rings. The van der Waals surface area contributed by atoms with Gasteiger partial charge in [-0.15, -0.1) is 0 Å². The molecule has 21 heavy (non-hydrogen) atoms. The Morgan fingerprint density at radius 1 is 1.19 bits per heavy atom. The minimum atomic E-state index is -0.325. The molecule has 1 heterocycles. The van der Waals surface area contributed by atoms with Crippen molar-refractivity contribution in [2.24, 2.45) is 0 Å². The van der Waals surface area contributed by atoms with Gasteiger partial charge in [-0.05, 0) is 24.3 Å². The number of methoxy groups -OCH3 is 1. The summed E-state index contributed by atoms with van der Waals surface area (Å²) in [5, 5.41) is 2.98. The topological polar surface area (TPSA) is 61.9 Å². The lowest BCUT2D eigenvalue weighted by Crippen LogP contribution is -2.34. The maximum Gasteiger partial charge on any atom is 0.277 e. The van der Waals surface area contributed by atoms with Crippen LogP contribution < -0.4 is 10.2 Å². The first-order valence-corrected chi connectivity index (χ1v) is 6.64. The van der Waals surface area contributed by atoms with Gasteiger partial charge in [0.25, 0.3) is 11.8 Å². The number of rotatable bonds is 6. The lowest BCUT2D eigenvalue weighted by molar-refractivity contribution is -0.137. The summed E-state index contributed by atoms with van der Waals surface area (Å²) in [6.45, 7) is 0.589. The SMILES string of the molecule is COCCN1C(=O)C=C(Nc2ccc(N(C)C)cc2)C1=O. The minimum absolute atomic E-state index is 0.259. The Labute approximate surface area is 124 Å². The van der Waals surface area contributed by atoms with E-state index in [9.17, 15) is 9.59 Å². The van der Waals surface area contributed by atoms with E-state index in [2.05, 4.69) is 5.32 Å². The number of nitrogens with zero attached hydrogens (tertiary/aromatic N) is 2. The average Bonchev–Trinajstić information content (AvgIpc) is 2.72. The highest BCUT2D eigenvalue weighted by Crippen LogP contribution is 2.20. The molecule has 112 valence electrons. The van der Waals surface area contributed by atoms with Crippen LogP contribution >= 0.6 is 0 Å². The molecule has 0 fully saturated rings. The monoisotopic (exact) mass is 289 g/mol. The van der Waals surface area contributed by atoms with Crippen LogP contribution in [0.4, 0.5) is 11.4 Å². The van der Waals surface area contributed by atoms with Crippen molar-refractivity contribution >= 4 is 23.2 Å². The Morgan fingerprint density at radius 2 is 1.86 bits per heavy atom. The van der Waals surface area contributed by atoms with Crippen LogP contribution in [0.2, 0.25) is 0 Å². The van der Waals surface area contributed by atoms with Crippen LogP contribution in [0.3, 0.4) is 0 Å². The Hall–Kier alpha value is -2.34. The normalized spacial score (nSPS) is 14.4. The van der Waals surface area contributed by atoms with Crippen molar-refractivity contribution < 1.29 is 14.3 Å². The molecule has 2 amide bonds. The molecule has 0 saturated carbocycles. The fourth-order valence-corrected chi connectivity index (χ4v) is 1.99. The van der Waals surface area contributed by atoms with E-state index in [1.165, 1.54) is 18.1 Å². The van der Waals surface area contributed by atoms with E-state index in [1.807, 2.05) is 43.3 Å². The Bertz CT molecular complexity index is 564. The second kappa shape index (κ2) is 6.41. The summed E-state index contributed by atoms with van der Waals surface area (Å²) < 4.78 is 4.90. The van der Waals surface area contributed by atoms with Gasteiger partial charge in [-0.2, -0.15) is 0 Å². The van der Waals surface area contributed by atoms with Gasteiger partial charge < -0.3 is 15.0 Å². The summed E-state index contributed by atoms with van der Waals surface area (Å²) >= 11 is 0. The lowest BCUT2D eigenvalue weighted by Gasteiger charge is -2.15. The van der Waals surface area contributed by atoms with Gasteiger partial charge in [0.1, 0.15) is 5.70 Å². The first-order valence-electron chi connectivity index (χ1n) is 6.64. The summed E-state index contributed by atoms with van der Waals surface area (Å²) in [6, 6.07) is 7.61. The maximum absolute atomic E-state index is 12.1. The molecule has 0 aromatic heterocycles. The fraction of sp³-hybridized carbons (Fsp3) is 0.333. The van der Waals surface area contributed by atoms with Gasteiger partial charge in [-0.3, -0.25) is 14.5 Å². The molecule has 1 N–H and O–H groups in total. The number of carbonyl (C=O) groups is 2. The number of carbonyl (C=O) groups excluding carboxylic acids is 2.